The minimum Gasteiger partial charge on any atom is -0.469 e. The summed E-state index contributed by atoms with van der Waals surface area (Å²) < 4.78 is 9.54. The van der Waals surface area contributed by atoms with Gasteiger partial charge in [-0.05, 0) is 37.1 Å². The molecule has 0 heterocycles. The molecule has 0 aliphatic heterocycles. The van der Waals surface area contributed by atoms with Gasteiger partial charge in [-0.25, -0.2) is 4.79 Å². The Morgan fingerprint density at radius 3 is 2.67 bits per heavy atom. The highest BCUT2D eigenvalue weighted by Crippen LogP contribution is 2.18. The van der Waals surface area contributed by atoms with Crippen LogP contribution >= 0.6 is 12.6 Å². The quantitative estimate of drug-likeness (QED) is 0.657. The van der Waals surface area contributed by atoms with E-state index in [0.29, 0.717) is 18.6 Å². The third-order valence-electron chi connectivity index (χ3n) is 2.41. The number of hydrogen-bond acceptors (Lipinski definition) is 5. The molecule has 0 N–H and O–H groups in total. The number of esters is 2. The van der Waals surface area contributed by atoms with Gasteiger partial charge in [0.1, 0.15) is 0 Å². The summed E-state index contributed by atoms with van der Waals surface area (Å²) in [5, 5.41) is 0. The van der Waals surface area contributed by atoms with Gasteiger partial charge < -0.3 is 9.47 Å². The average molecular weight is 268 g/mol. The second-order valence-electron chi connectivity index (χ2n) is 3.64. The van der Waals surface area contributed by atoms with E-state index in [1.807, 2.05) is 0 Å². The van der Waals surface area contributed by atoms with Crippen LogP contribution in [0.25, 0.3) is 0 Å². The second-order valence-corrected chi connectivity index (χ2v) is 4.15. The first-order valence-corrected chi connectivity index (χ1v) is 6.09. The predicted octanol–water partition coefficient (Wildman–Crippen LogP) is 2.26. The highest BCUT2D eigenvalue weighted by atomic mass is 32.1. The largest absolute Gasteiger partial charge is 0.469 e. The Bertz CT molecular complexity index is 443. The van der Waals surface area contributed by atoms with E-state index in [-0.39, 0.29) is 18.4 Å². The molecule has 18 heavy (non-hydrogen) atoms. The van der Waals surface area contributed by atoms with Crippen molar-refractivity contribution in [3.8, 4) is 0 Å². The molecule has 0 saturated carbocycles. The van der Waals surface area contributed by atoms with Crippen LogP contribution in [-0.2, 0) is 20.7 Å². The second kappa shape index (κ2) is 7.06. The predicted molar refractivity (Wildman–Crippen MR) is 70.0 cm³/mol. The number of thiol groups is 1. The van der Waals surface area contributed by atoms with Gasteiger partial charge in [-0.15, -0.1) is 12.6 Å². The van der Waals surface area contributed by atoms with Gasteiger partial charge in [0.2, 0.25) is 0 Å². The molecule has 0 amide bonds. The molecular formula is C13H16O4S. The average Bonchev–Trinajstić information content (AvgIpc) is 2.36. The first-order valence-electron chi connectivity index (χ1n) is 5.64. The van der Waals surface area contributed by atoms with E-state index in [2.05, 4.69) is 17.4 Å². The molecule has 0 aliphatic rings. The standard InChI is InChI=1S/C13H16O4S/c1-3-17-13(15)11-6-5-10(18)8-9(11)4-7-12(14)16-2/h5-6,8,18H,3-4,7H2,1-2H3. The van der Waals surface area contributed by atoms with Crippen molar-refractivity contribution in [3.63, 3.8) is 0 Å². The zero-order chi connectivity index (χ0) is 13.5. The van der Waals surface area contributed by atoms with E-state index < -0.39 is 0 Å². The third-order valence-corrected chi connectivity index (χ3v) is 2.69. The first kappa shape index (κ1) is 14.6. The Hall–Kier alpha value is -1.49. The lowest BCUT2D eigenvalue weighted by molar-refractivity contribution is -0.140. The van der Waals surface area contributed by atoms with E-state index in [1.54, 1.807) is 25.1 Å². The number of methoxy groups -OCH3 is 1. The number of rotatable bonds is 5. The summed E-state index contributed by atoms with van der Waals surface area (Å²) in [5.41, 5.74) is 1.21. The van der Waals surface area contributed by atoms with Gasteiger partial charge in [0, 0.05) is 11.3 Å². The van der Waals surface area contributed by atoms with Gasteiger partial charge in [-0.1, -0.05) is 0 Å². The lowest BCUT2D eigenvalue weighted by atomic mass is 10.0. The minimum absolute atomic E-state index is 0.222. The van der Waals surface area contributed by atoms with Crippen molar-refractivity contribution in [3.05, 3.63) is 29.3 Å². The maximum Gasteiger partial charge on any atom is 0.338 e. The van der Waals surface area contributed by atoms with Crippen molar-refractivity contribution >= 4 is 24.6 Å². The van der Waals surface area contributed by atoms with Gasteiger partial charge in [-0.3, -0.25) is 4.79 Å². The van der Waals surface area contributed by atoms with Crippen LogP contribution < -0.4 is 0 Å². The molecule has 5 heteroatoms. The van der Waals surface area contributed by atoms with Crippen LogP contribution in [0.3, 0.4) is 0 Å². The Morgan fingerprint density at radius 2 is 2.06 bits per heavy atom. The minimum atomic E-state index is -0.384. The van der Waals surface area contributed by atoms with E-state index in [9.17, 15) is 9.59 Å². The van der Waals surface area contributed by atoms with Crippen molar-refractivity contribution in [2.24, 2.45) is 0 Å². The zero-order valence-corrected chi connectivity index (χ0v) is 11.3. The molecule has 1 aromatic rings. The van der Waals surface area contributed by atoms with Crippen LogP contribution in [0.15, 0.2) is 23.1 Å². The summed E-state index contributed by atoms with van der Waals surface area (Å²) in [6.45, 7) is 2.07. The topological polar surface area (TPSA) is 52.6 Å². The summed E-state index contributed by atoms with van der Waals surface area (Å²) in [6, 6.07) is 5.14. The number of carbonyl (C=O) groups is 2. The number of benzene rings is 1. The molecule has 98 valence electrons. The van der Waals surface area contributed by atoms with Gasteiger partial charge in [0.15, 0.2) is 0 Å². The van der Waals surface area contributed by atoms with E-state index >= 15 is 0 Å². The van der Waals surface area contributed by atoms with Crippen LogP contribution in [0.4, 0.5) is 0 Å². The fourth-order valence-electron chi connectivity index (χ4n) is 1.53. The Morgan fingerprint density at radius 1 is 1.33 bits per heavy atom. The summed E-state index contributed by atoms with van der Waals surface area (Å²) >= 11 is 4.22. The lowest BCUT2D eigenvalue weighted by Gasteiger charge is -2.09. The zero-order valence-electron chi connectivity index (χ0n) is 10.4. The fourth-order valence-corrected chi connectivity index (χ4v) is 1.76. The van der Waals surface area contributed by atoms with Gasteiger partial charge in [0.05, 0.1) is 19.3 Å². The van der Waals surface area contributed by atoms with Gasteiger partial charge in [0.25, 0.3) is 0 Å². The molecule has 0 unspecified atom stereocenters. The maximum absolute atomic E-state index is 11.7. The van der Waals surface area contributed by atoms with Crippen molar-refractivity contribution < 1.29 is 19.1 Å². The smallest absolute Gasteiger partial charge is 0.338 e. The third kappa shape index (κ3) is 4.07. The molecule has 0 bridgehead atoms. The summed E-state index contributed by atoms with van der Waals surface area (Å²) in [5.74, 6) is -0.694. The highest BCUT2D eigenvalue weighted by molar-refractivity contribution is 7.80. The maximum atomic E-state index is 11.7. The Kier molecular flexibility index (Phi) is 5.71. The molecule has 4 nitrogen and oxygen atoms in total. The summed E-state index contributed by atoms with van der Waals surface area (Å²) in [4.78, 5) is 23.6. The van der Waals surface area contributed by atoms with Crippen LogP contribution in [0.2, 0.25) is 0 Å². The number of hydrogen-bond donors (Lipinski definition) is 1. The molecule has 0 saturated heterocycles. The number of carbonyl (C=O) groups excluding carboxylic acids is 2. The fraction of sp³-hybridized carbons (Fsp3) is 0.385. The van der Waals surface area contributed by atoms with Crippen LogP contribution in [0.1, 0.15) is 29.3 Å². The molecule has 0 radical (unpaired) electrons. The first-order chi connectivity index (χ1) is 8.58. The van der Waals surface area contributed by atoms with Crippen LogP contribution in [0, 0.1) is 0 Å². The molecule has 0 aromatic heterocycles. The number of ether oxygens (including phenoxy) is 2. The van der Waals surface area contributed by atoms with E-state index in [1.165, 1.54) is 7.11 Å². The van der Waals surface area contributed by atoms with E-state index in [0.717, 1.165) is 10.5 Å². The lowest BCUT2D eigenvalue weighted by Crippen LogP contribution is -2.10. The highest BCUT2D eigenvalue weighted by Gasteiger charge is 2.13. The van der Waals surface area contributed by atoms with Crippen LogP contribution in [0.5, 0.6) is 0 Å². The molecular weight excluding hydrogens is 252 g/mol. The monoisotopic (exact) mass is 268 g/mol. The molecule has 1 aromatic carbocycles. The van der Waals surface area contributed by atoms with Crippen molar-refractivity contribution in [1.82, 2.24) is 0 Å². The summed E-state index contributed by atoms with van der Waals surface area (Å²) in [6.07, 6.45) is 0.648. The molecule has 0 aliphatic carbocycles. The van der Waals surface area contributed by atoms with Gasteiger partial charge >= 0.3 is 11.9 Å². The van der Waals surface area contributed by atoms with Crippen LogP contribution in [-0.4, -0.2) is 25.7 Å². The van der Waals surface area contributed by atoms with E-state index in [4.69, 9.17) is 4.74 Å². The molecule has 0 atom stereocenters. The molecule has 0 spiro atoms. The van der Waals surface area contributed by atoms with Crippen molar-refractivity contribution in [1.29, 1.82) is 0 Å². The Labute approximate surface area is 112 Å². The summed E-state index contributed by atoms with van der Waals surface area (Å²) in [7, 11) is 1.34. The SMILES string of the molecule is CCOC(=O)c1ccc(S)cc1CCC(=O)OC. The molecule has 1 rings (SSSR count). The molecule has 0 fully saturated rings. The normalized spacial score (nSPS) is 9.94. The Balaban J connectivity index is 2.89. The van der Waals surface area contributed by atoms with Crippen molar-refractivity contribution in [2.75, 3.05) is 13.7 Å². The van der Waals surface area contributed by atoms with Crippen molar-refractivity contribution in [2.45, 2.75) is 24.7 Å². The number of aryl methyl sites for hydroxylation is 1. The van der Waals surface area contributed by atoms with Gasteiger partial charge in [-0.2, -0.15) is 0 Å².